The Morgan fingerprint density at radius 3 is 2.71 bits per heavy atom. The number of hydrogen-bond acceptors (Lipinski definition) is 4. The lowest BCUT2D eigenvalue weighted by Crippen LogP contribution is -2.09. The van der Waals surface area contributed by atoms with Gasteiger partial charge in [-0.05, 0) is 25.1 Å². The minimum atomic E-state index is -3.99. The average molecular weight is 312 g/mol. The van der Waals surface area contributed by atoms with Crippen LogP contribution in [0, 0.1) is 5.82 Å². The van der Waals surface area contributed by atoms with E-state index in [0.717, 1.165) is 18.2 Å². The third kappa shape index (κ3) is 3.27. The first-order valence-electron chi connectivity index (χ1n) is 6.10. The quantitative estimate of drug-likeness (QED) is 0.908. The molecule has 1 aromatic heterocycles. The molecule has 8 heteroatoms. The fourth-order valence-electron chi connectivity index (χ4n) is 1.83. The van der Waals surface area contributed by atoms with Crippen molar-refractivity contribution in [3.05, 3.63) is 47.5 Å². The van der Waals surface area contributed by atoms with Crippen molar-refractivity contribution in [1.82, 2.24) is 9.78 Å². The van der Waals surface area contributed by atoms with Crippen molar-refractivity contribution in [2.45, 2.75) is 24.1 Å². The van der Waals surface area contributed by atoms with Gasteiger partial charge in [-0.1, -0.05) is 0 Å². The van der Waals surface area contributed by atoms with E-state index in [1.54, 1.807) is 10.9 Å². The molecule has 21 heavy (non-hydrogen) atoms. The second-order valence-corrected chi connectivity index (χ2v) is 6.37. The summed E-state index contributed by atoms with van der Waals surface area (Å²) >= 11 is 0. The molecule has 0 fully saturated rings. The van der Waals surface area contributed by atoms with Crippen LogP contribution in [0.4, 0.5) is 4.39 Å². The van der Waals surface area contributed by atoms with E-state index in [2.05, 4.69) is 5.10 Å². The highest BCUT2D eigenvalue weighted by atomic mass is 32.2. The average Bonchev–Trinajstić information content (AvgIpc) is 2.85. The zero-order chi connectivity index (χ0) is 15.6. The normalized spacial score (nSPS) is 11.5. The summed E-state index contributed by atoms with van der Waals surface area (Å²) in [6.07, 6.45) is 2.94. The molecule has 2 aromatic rings. The highest BCUT2D eigenvalue weighted by Crippen LogP contribution is 2.21. The minimum absolute atomic E-state index is 0.278. The molecule has 1 aromatic carbocycles. The standard InChI is InChI=1S/C13H13FN2O4S/c1-2-16-7-9(6-15-16)8-21(19,20)12-5-10(13(17)18)3-4-11(12)14/h3-7H,2,8H2,1H3,(H,17,18). The van der Waals surface area contributed by atoms with Crippen molar-refractivity contribution in [3.8, 4) is 0 Å². The summed E-state index contributed by atoms with van der Waals surface area (Å²) in [5.41, 5.74) is 0.135. The highest BCUT2D eigenvalue weighted by Gasteiger charge is 2.22. The van der Waals surface area contributed by atoms with E-state index < -0.39 is 32.3 Å². The van der Waals surface area contributed by atoms with Crippen molar-refractivity contribution >= 4 is 15.8 Å². The Labute approximate surface area is 120 Å². The molecule has 112 valence electrons. The van der Waals surface area contributed by atoms with E-state index in [1.165, 1.54) is 6.20 Å². The highest BCUT2D eigenvalue weighted by molar-refractivity contribution is 7.90. The number of hydrogen-bond donors (Lipinski definition) is 1. The van der Waals surface area contributed by atoms with Crippen LogP contribution >= 0.6 is 0 Å². The van der Waals surface area contributed by atoms with E-state index >= 15 is 0 Å². The number of carbonyl (C=O) groups is 1. The lowest BCUT2D eigenvalue weighted by molar-refractivity contribution is 0.0696. The predicted octanol–water partition coefficient (Wildman–Crippen LogP) is 1.71. The summed E-state index contributed by atoms with van der Waals surface area (Å²) in [5.74, 6) is -2.72. The fraction of sp³-hybridized carbons (Fsp3) is 0.231. The molecule has 0 aliphatic carbocycles. The number of aromatic nitrogens is 2. The number of aromatic carboxylic acids is 1. The number of sulfone groups is 1. The lowest BCUT2D eigenvalue weighted by atomic mass is 10.2. The van der Waals surface area contributed by atoms with Crippen molar-refractivity contribution in [2.75, 3.05) is 0 Å². The molecular formula is C13H13FN2O4S. The topological polar surface area (TPSA) is 89.3 Å². The van der Waals surface area contributed by atoms with Gasteiger partial charge < -0.3 is 5.11 Å². The van der Waals surface area contributed by atoms with E-state index in [1.807, 2.05) is 6.92 Å². The first kappa shape index (κ1) is 15.2. The van der Waals surface area contributed by atoms with Crippen molar-refractivity contribution < 1.29 is 22.7 Å². The molecule has 0 amide bonds. The lowest BCUT2D eigenvalue weighted by Gasteiger charge is -2.05. The Morgan fingerprint density at radius 2 is 2.14 bits per heavy atom. The van der Waals surface area contributed by atoms with Gasteiger partial charge in [-0.3, -0.25) is 4.68 Å². The number of nitrogens with zero attached hydrogens (tertiary/aromatic N) is 2. The maximum Gasteiger partial charge on any atom is 0.335 e. The molecule has 0 radical (unpaired) electrons. The summed E-state index contributed by atoms with van der Waals surface area (Å²) < 4.78 is 39.7. The molecule has 0 atom stereocenters. The fourth-order valence-corrected chi connectivity index (χ4v) is 3.24. The van der Waals surface area contributed by atoms with E-state index in [0.29, 0.717) is 12.1 Å². The van der Waals surface area contributed by atoms with E-state index in [-0.39, 0.29) is 5.56 Å². The monoisotopic (exact) mass is 312 g/mol. The Bertz CT molecular complexity index is 783. The van der Waals surface area contributed by atoms with Crippen LogP contribution < -0.4 is 0 Å². The van der Waals surface area contributed by atoms with Gasteiger partial charge >= 0.3 is 5.97 Å². The Hall–Kier alpha value is -2.22. The summed E-state index contributed by atoms with van der Waals surface area (Å²) in [6.45, 7) is 2.43. The molecule has 2 rings (SSSR count). The van der Waals surface area contributed by atoms with Crippen LogP contribution in [0.2, 0.25) is 0 Å². The summed E-state index contributed by atoms with van der Waals surface area (Å²) in [5, 5.41) is 12.8. The van der Waals surface area contributed by atoms with Gasteiger partial charge in [-0.25, -0.2) is 17.6 Å². The van der Waals surface area contributed by atoms with E-state index in [4.69, 9.17) is 5.11 Å². The Kier molecular flexibility index (Phi) is 4.08. The zero-order valence-electron chi connectivity index (χ0n) is 11.2. The number of carboxylic acid groups (broad SMARTS) is 1. The molecular weight excluding hydrogens is 299 g/mol. The van der Waals surface area contributed by atoms with Crippen LogP contribution in [0.15, 0.2) is 35.5 Å². The molecule has 0 saturated carbocycles. The van der Waals surface area contributed by atoms with Gasteiger partial charge in [-0.2, -0.15) is 5.10 Å². The van der Waals surface area contributed by atoms with Crippen LogP contribution in [0.5, 0.6) is 0 Å². The largest absolute Gasteiger partial charge is 0.478 e. The van der Waals surface area contributed by atoms with Crippen LogP contribution in [0.25, 0.3) is 0 Å². The van der Waals surface area contributed by atoms with Crippen LogP contribution in [-0.4, -0.2) is 29.3 Å². The first-order chi connectivity index (χ1) is 9.83. The van der Waals surface area contributed by atoms with Crippen molar-refractivity contribution in [1.29, 1.82) is 0 Å². The van der Waals surface area contributed by atoms with Gasteiger partial charge in [0.2, 0.25) is 0 Å². The molecule has 1 N–H and O–H groups in total. The second kappa shape index (κ2) is 5.65. The molecule has 0 bridgehead atoms. The third-order valence-corrected chi connectivity index (χ3v) is 4.58. The van der Waals surface area contributed by atoms with Gasteiger partial charge in [0.15, 0.2) is 9.84 Å². The third-order valence-electron chi connectivity index (χ3n) is 2.88. The van der Waals surface area contributed by atoms with Crippen LogP contribution in [0.1, 0.15) is 22.8 Å². The molecule has 0 saturated heterocycles. The summed E-state index contributed by atoms with van der Waals surface area (Å²) in [6, 6.07) is 2.69. The van der Waals surface area contributed by atoms with Gasteiger partial charge in [0.25, 0.3) is 0 Å². The minimum Gasteiger partial charge on any atom is -0.478 e. The number of aryl methyl sites for hydroxylation is 1. The number of benzene rings is 1. The number of carboxylic acids is 1. The SMILES string of the molecule is CCn1cc(CS(=O)(=O)c2cc(C(=O)O)ccc2F)cn1. The number of rotatable bonds is 5. The molecule has 0 spiro atoms. The van der Waals surface area contributed by atoms with Gasteiger partial charge in [-0.15, -0.1) is 0 Å². The van der Waals surface area contributed by atoms with Gasteiger partial charge in [0.1, 0.15) is 10.7 Å². The summed E-state index contributed by atoms with van der Waals surface area (Å²) in [4.78, 5) is 10.2. The van der Waals surface area contributed by atoms with Crippen molar-refractivity contribution in [3.63, 3.8) is 0 Å². The van der Waals surface area contributed by atoms with E-state index in [9.17, 15) is 17.6 Å². The van der Waals surface area contributed by atoms with Crippen LogP contribution in [0.3, 0.4) is 0 Å². The molecule has 6 nitrogen and oxygen atoms in total. The molecule has 1 heterocycles. The van der Waals surface area contributed by atoms with Gasteiger partial charge in [0, 0.05) is 18.3 Å². The second-order valence-electron chi connectivity index (χ2n) is 4.41. The van der Waals surface area contributed by atoms with Gasteiger partial charge in [0.05, 0.1) is 17.5 Å². The molecule has 0 aliphatic heterocycles. The maximum absolute atomic E-state index is 13.7. The first-order valence-corrected chi connectivity index (χ1v) is 7.75. The van der Waals surface area contributed by atoms with Crippen LogP contribution in [-0.2, 0) is 22.1 Å². The summed E-state index contributed by atoms with van der Waals surface area (Å²) in [7, 11) is -3.99. The zero-order valence-corrected chi connectivity index (χ0v) is 12.0. The smallest absolute Gasteiger partial charge is 0.335 e. The molecule has 0 unspecified atom stereocenters. The molecule has 0 aliphatic rings. The Balaban J connectivity index is 2.39. The number of halogens is 1. The van der Waals surface area contributed by atoms with Crippen molar-refractivity contribution in [2.24, 2.45) is 0 Å². The predicted molar refractivity (Wildman–Crippen MR) is 72.2 cm³/mol. The maximum atomic E-state index is 13.7. The Morgan fingerprint density at radius 1 is 1.43 bits per heavy atom.